The Bertz CT molecular complexity index is 1120. The molecule has 4 N–H and O–H groups in total. The van der Waals surface area contributed by atoms with E-state index in [9.17, 15) is 9.59 Å². The van der Waals surface area contributed by atoms with Gasteiger partial charge in [-0.15, -0.1) is 0 Å². The van der Waals surface area contributed by atoms with Crippen LogP contribution in [0.5, 0.6) is 0 Å². The predicted molar refractivity (Wildman–Crippen MR) is 104 cm³/mol. The Morgan fingerprint density at radius 3 is 2.27 bits per heavy atom. The van der Waals surface area contributed by atoms with Gasteiger partial charge in [0.25, 0.3) is 11.5 Å². The van der Waals surface area contributed by atoms with Crippen molar-refractivity contribution in [2.45, 2.75) is 20.8 Å². The third kappa shape index (κ3) is 3.09. The standard InChI is InChI=1S/C20H20N4O2/c1-11-5-7-17(13(3)8-11)24-10-16(18(25)23-20(21)22)15-9-12(2)4-6-14(15)19(24)26/h4-10H,1-3H3,(H4,21,22,23,25). The topological polar surface area (TPSA) is 103 Å². The molecule has 3 rings (SSSR count). The molecule has 6 heteroatoms. The normalized spacial score (nSPS) is 10.7. The number of amides is 1. The number of fused-ring (bicyclic) bond motifs is 1. The van der Waals surface area contributed by atoms with Gasteiger partial charge >= 0.3 is 0 Å². The van der Waals surface area contributed by atoms with Gasteiger partial charge in [-0.05, 0) is 38.5 Å². The number of pyridine rings is 1. The zero-order valence-electron chi connectivity index (χ0n) is 14.9. The quantitative estimate of drug-likeness (QED) is 0.548. The number of nitrogens with two attached hydrogens (primary N) is 2. The zero-order valence-corrected chi connectivity index (χ0v) is 14.9. The average molecular weight is 348 g/mol. The van der Waals surface area contributed by atoms with Crippen LogP contribution in [0.2, 0.25) is 0 Å². The Labute approximate surface area is 150 Å². The van der Waals surface area contributed by atoms with Crippen LogP contribution in [-0.2, 0) is 0 Å². The second-order valence-corrected chi connectivity index (χ2v) is 6.40. The number of nitrogens with zero attached hydrogens (tertiary/aromatic N) is 2. The van der Waals surface area contributed by atoms with E-state index in [4.69, 9.17) is 11.5 Å². The molecule has 1 aromatic heterocycles. The molecule has 3 aromatic rings. The fourth-order valence-electron chi connectivity index (χ4n) is 3.06. The monoisotopic (exact) mass is 348 g/mol. The molecule has 2 aromatic carbocycles. The smallest absolute Gasteiger partial charge is 0.282 e. The number of guanidine groups is 1. The SMILES string of the molecule is Cc1ccc(-n2cc(C(=O)N=C(N)N)c3cc(C)ccc3c2=O)c(C)c1. The van der Waals surface area contributed by atoms with Gasteiger partial charge in [0, 0.05) is 17.0 Å². The summed E-state index contributed by atoms with van der Waals surface area (Å²) in [5, 5.41) is 0.971. The number of aromatic nitrogens is 1. The number of carbonyl (C=O) groups is 1. The molecule has 1 heterocycles. The Morgan fingerprint density at radius 2 is 1.62 bits per heavy atom. The molecule has 0 aliphatic heterocycles. The molecule has 0 atom stereocenters. The van der Waals surface area contributed by atoms with E-state index >= 15 is 0 Å². The summed E-state index contributed by atoms with van der Waals surface area (Å²) < 4.78 is 1.47. The molecular formula is C20H20N4O2. The largest absolute Gasteiger partial charge is 0.370 e. The van der Waals surface area contributed by atoms with E-state index in [1.165, 1.54) is 10.8 Å². The Hall–Kier alpha value is -3.41. The van der Waals surface area contributed by atoms with Crippen molar-refractivity contribution in [3.05, 3.63) is 75.2 Å². The van der Waals surface area contributed by atoms with Crippen LogP contribution in [0.25, 0.3) is 16.5 Å². The summed E-state index contributed by atoms with van der Waals surface area (Å²) in [6, 6.07) is 11.1. The lowest BCUT2D eigenvalue weighted by Gasteiger charge is -2.14. The minimum Gasteiger partial charge on any atom is -0.370 e. The fourth-order valence-corrected chi connectivity index (χ4v) is 3.06. The molecular weight excluding hydrogens is 328 g/mol. The summed E-state index contributed by atoms with van der Waals surface area (Å²) in [4.78, 5) is 29.2. The zero-order chi connectivity index (χ0) is 19.0. The van der Waals surface area contributed by atoms with E-state index in [0.717, 1.165) is 16.7 Å². The molecule has 6 nitrogen and oxygen atoms in total. The second kappa shape index (κ2) is 6.48. The predicted octanol–water partition coefficient (Wildman–Crippen LogP) is 2.33. The maximum absolute atomic E-state index is 13.0. The lowest BCUT2D eigenvalue weighted by Crippen LogP contribution is -2.25. The van der Waals surface area contributed by atoms with Crippen molar-refractivity contribution in [3.8, 4) is 5.69 Å². The van der Waals surface area contributed by atoms with Gasteiger partial charge in [0.15, 0.2) is 5.96 Å². The summed E-state index contributed by atoms with van der Waals surface area (Å²) in [5.41, 5.74) is 14.5. The summed E-state index contributed by atoms with van der Waals surface area (Å²) in [7, 11) is 0. The maximum atomic E-state index is 13.0. The van der Waals surface area contributed by atoms with Crippen LogP contribution in [0.15, 0.2) is 52.4 Å². The van der Waals surface area contributed by atoms with Crippen molar-refractivity contribution < 1.29 is 4.79 Å². The number of hydrogen-bond donors (Lipinski definition) is 2. The first kappa shape index (κ1) is 17.4. The fraction of sp³-hybridized carbons (Fsp3) is 0.150. The van der Waals surface area contributed by atoms with Crippen LogP contribution >= 0.6 is 0 Å². The van der Waals surface area contributed by atoms with E-state index in [2.05, 4.69) is 4.99 Å². The van der Waals surface area contributed by atoms with Gasteiger partial charge in [0.2, 0.25) is 0 Å². The molecule has 0 bridgehead atoms. The van der Waals surface area contributed by atoms with E-state index in [1.807, 2.05) is 45.0 Å². The molecule has 0 radical (unpaired) electrons. The molecule has 0 saturated carbocycles. The third-order valence-corrected chi connectivity index (χ3v) is 4.25. The molecule has 0 unspecified atom stereocenters. The molecule has 0 spiro atoms. The highest BCUT2D eigenvalue weighted by Gasteiger charge is 2.16. The molecule has 1 amide bonds. The summed E-state index contributed by atoms with van der Waals surface area (Å²) in [6.45, 7) is 5.80. The molecule has 0 aliphatic rings. The Kier molecular flexibility index (Phi) is 4.34. The number of aryl methyl sites for hydroxylation is 3. The third-order valence-electron chi connectivity index (χ3n) is 4.25. The van der Waals surface area contributed by atoms with Crippen molar-refractivity contribution in [2.75, 3.05) is 0 Å². The van der Waals surface area contributed by atoms with Crippen molar-refractivity contribution >= 4 is 22.6 Å². The van der Waals surface area contributed by atoms with Crippen LogP contribution in [-0.4, -0.2) is 16.4 Å². The van der Waals surface area contributed by atoms with Gasteiger partial charge in [0.05, 0.1) is 11.3 Å². The van der Waals surface area contributed by atoms with Crippen molar-refractivity contribution in [1.29, 1.82) is 0 Å². The number of aliphatic imine (C=N–C) groups is 1. The average Bonchev–Trinajstić information content (AvgIpc) is 2.55. The molecule has 0 fully saturated rings. The van der Waals surface area contributed by atoms with E-state index < -0.39 is 5.91 Å². The highest BCUT2D eigenvalue weighted by molar-refractivity contribution is 6.10. The van der Waals surface area contributed by atoms with E-state index in [-0.39, 0.29) is 17.1 Å². The first-order valence-electron chi connectivity index (χ1n) is 8.15. The number of benzene rings is 2. The van der Waals surface area contributed by atoms with Gasteiger partial charge in [0.1, 0.15) is 0 Å². The first-order chi connectivity index (χ1) is 12.3. The van der Waals surface area contributed by atoms with E-state index in [0.29, 0.717) is 16.5 Å². The number of rotatable bonds is 2. The lowest BCUT2D eigenvalue weighted by atomic mass is 10.0. The van der Waals surface area contributed by atoms with Crippen molar-refractivity contribution in [2.24, 2.45) is 16.5 Å². The molecule has 132 valence electrons. The van der Waals surface area contributed by atoms with Crippen LogP contribution in [0, 0.1) is 20.8 Å². The van der Waals surface area contributed by atoms with Gasteiger partial charge in [-0.25, -0.2) is 0 Å². The Morgan fingerprint density at radius 1 is 0.962 bits per heavy atom. The minimum absolute atomic E-state index is 0.201. The lowest BCUT2D eigenvalue weighted by molar-refractivity contribution is 0.100. The van der Waals surface area contributed by atoms with Gasteiger partial charge < -0.3 is 11.5 Å². The first-order valence-corrected chi connectivity index (χ1v) is 8.15. The van der Waals surface area contributed by atoms with Gasteiger partial charge in [-0.1, -0.05) is 35.4 Å². The van der Waals surface area contributed by atoms with E-state index in [1.54, 1.807) is 12.1 Å². The molecule has 0 aliphatic carbocycles. The van der Waals surface area contributed by atoms with Gasteiger partial charge in [-0.2, -0.15) is 4.99 Å². The van der Waals surface area contributed by atoms with Crippen molar-refractivity contribution in [3.63, 3.8) is 0 Å². The van der Waals surface area contributed by atoms with Crippen LogP contribution in [0.3, 0.4) is 0 Å². The summed E-state index contributed by atoms with van der Waals surface area (Å²) in [6.07, 6.45) is 1.51. The second-order valence-electron chi connectivity index (χ2n) is 6.40. The van der Waals surface area contributed by atoms with Crippen molar-refractivity contribution in [1.82, 2.24) is 4.57 Å². The molecule has 0 saturated heterocycles. The Balaban J connectivity index is 2.40. The number of carbonyl (C=O) groups excluding carboxylic acids is 1. The minimum atomic E-state index is -0.584. The number of hydrogen-bond acceptors (Lipinski definition) is 2. The maximum Gasteiger partial charge on any atom is 0.282 e. The summed E-state index contributed by atoms with van der Waals surface area (Å²) >= 11 is 0. The van der Waals surface area contributed by atoms with Gasteiger partial charge in [-0.3, -0.25) is 14.2 Å². The molecule has 26 heavy (non-hydrogen) atoms. The highest BCUT2D eigenvalue weighted by Crippen LogP contribution is 2.22. The van der Waals surface area contributed by atoms with Crippen LogP contribution in [0.4, 0.5) is 0 Å². The van der Waals surface area contributed by atoms with Crippen LogP contribution in [0.1, 0.15) is 27.0 Å². The highest BCUT2D eigenvalue weighted by atomic mass is 16.1. The summed E-state index contributed by atoms with van der Waals surface area (Å²) in [5.74, 6) is -0.904. The van der Waals surface area contributed by atoms with Crippen LogP contribution < -0.4 is 17.0 Å².